The summed E-state index contributed by atoms with van der Waals surface area (Å²) in [4.78, 5) is 12.4. The van der Waals surface area contributed by atoms with Crippen LogP contribution in [0.5, 0.6) is 5.75 Å². The van der Waals surface area contributed by atoms with Gasteiger partial charge in [0.25, 0.3) is 5.91 Å². The van der Waals surface area contributed by atoms with Crippen molar-refractivity contribution in [3.8, 4) is 5.75 Å². The monoisotopic (exact) mass is 333 g/mol. The molecule has 0 aliphatic rings. The first-order valence-corrected chi connectivity index (χ1v) is 7.24. The van der Waals surface area contributed by atoms with E-state index in [1.807, 2.05) is 31.2 Å². The van der Waals surface area contributed by atoms with Crippen molar-refractivity contribution in [1.29, 1.82) is 0 Å². The summed E-state index contributed by atoms with van der Waals surface area (Å²) in [5.74, 6) is -0.110. The number of phenolic OH excluding ortho intramolecular Hbond substituents is 1. The number of halogens is 1. The summed E-state index contributed by atoms with van der Waals surface area (Å²) in [5.41, 5.74) is 2.96. The molecule has 0 bridgehead atoms. The van der Waals surface area contributed by atoms with Crippen LogP contribution in [-0.2, 0) is 0 Å². The number of hydrogen-bond acceptors (Lipinski definition) is 2. The Hall–Kier alpha value is -1.81. The normalized spacial score (nSPS) is 11.9. The number of amides is 1. The molecule has 0 aliphatic carbocycles. The van der Waals surface area contributed by atoms with Crippen molar-refractivity contribution in [2.24, 2.45) is 0 Å². The maximum Gasteiger partial charge on any atom is 0.255 e. The number of aryl methyl sites for hydroxylation is 1. The van der Waals surface area contributed by atoms with E-state index in [1.165, 1.54) is 6.07 Å². The number of nitrogens with one attached hydrogen (secondary N) is 1. The molecule has 0 saturated heterocycles. The number of aromatic hydroxyl groups is 1. The molecule has 1 unspecified atom stereocenters. The van der Waals surface area contributed by atoms with E-state index < -0.39 is 0 Å². The lowest BCUT2D eigenvalue weighted by atomic mass is 10.1. The average Bonchev–Trinajstić information content (AvgIpc) is 2.42. The van der Waals surface area contributed by atoms with Crippen molar-refractivity contribution in [3.63, 3.8) is 0 Å². The molecule has 2 aromatic rings. The predicted molar refractivity (Wildman–Crippen MR) is 84.6 cm³/mol. The second-order valence-electron chi connectivity index (χ2n) is 4.66. The van der Waals surface area contributed by atoms with Crippen LogP contribution in [0.4, 0.5) is 5.69 Å². The zero-order valence-corrected chi connectivity index (χ0v) is 12.9. The van der Waals surface area contributed by atoms with Crippen LogP contribution in [0.15, 0.2) is 42.5 Å². The summed E-state index contributed by atoms with van der Waals surface area (Å²) < 4.78 is 0. The highest BCUT2D eigenvalue weighted by Gasteiger charge is 2.12. The van der Waals surface area contributed by atoms with Crippen LogP contribution in [0.25, 0.3) is 0 Å². The third kappa shape index (κ3) is 3.20. The highest BCUT2D eigenvalue weighted by Crippen LogP contribution is 2.29. The maximum atomic E-state index is 12.2. The zero-order valence-electron chi connectivity index (χ0n) is 11.4. The van der Waals surface area contributed by atoms with Crippen molar-refractivity contribution in [2.75, 3.05) is 5.32 Å². The third-order valence-electron chi connectivity index (χ3n) is 3.11. The molecule has 4 heteroatoms. The van der Waals surface area contributed by atoms with Crippen molar-refractivity contribution in [2.45, 2.75) is 18.7 Å². The van der Waals surface area contributed by atoms with E-state index >= 15 is 0 Å². The number of rotatable bonds is 3. The van der Waals surface area contributed by atoms with Gasteiger partial charge in [-0.3, -0.25) is 4.79 Å². The lowest BCUT2D eigenvalue weighted by Gasteiger charge is -2.13. The van der Waals surface area contributed by atoms with E-state index in [1.54, 1.807) is 19.1 Å². The number of alkyl halides is 1. The molecule has 0 saturated carbocycles. The fourth-order valence-corrected chi connectivity index (χ4v) is 2.30. The predicted octanol–water partition coefficient (Wildman–Crippen LogP) is 4.41. The quantitative estimate of drug-likeness (QED) is 0.817. The average molecular weight is 334 g/mol. The molecule has 2 N–H and O–H groups in total. The van der Waals surface area contributed by atoms with Gasteiger partial charge in [-0.05, 0) is 43.2 Å². The Morgan fingerprint density at radius 1 is 1.25 bits per heavy atom. The Labute approximate surface area is 126 Å². The van der Waals surface area contributed by atoms with Crippen LogP contribution in [0, 0.1) is 6.92 Å². The molecule has 2 aromatic carbocycles. The van der Waals surface area contributed by atoms with Gasteiger partial charge in [-0.15, -0.1) is 0 Å². The molecular formula is C16H16BrNO2. The van der Waals surface area contributed by atoms with Gasteiger partial charge in [0, 0.05) is 16.1 Å². The molecule has 0 radical (unpaired) electrons. The van der Waals surface area contributed by atoms with Crippen LogP contribution < -0.4 is 5.32 Å². The van der Waals surface area contributed by atoms with Crippen LogP contribution in [0.1, 0.15) is 33.2 Å². The molecule has 20 heavy (non-hydrogen) atoms. The van der Waals surface area contributed by atoms with Gasteiger partial charge in [0.15, 0.2) is 0 Å². The summed E-state index contributed by atoms with van der Waals surface area (Å²) in [7, 11) is 0. The maximum absolute atomic E-state index is 12.2. The summed E-state index contributed by atoms with van der Waals surface area (Å²) in [6.07, 6.45) is 0. The number of para-hydroxylation sites is 1. The van der Waals surface area contributed by atoms with Gasteiger partial charge in [0.1, 0.15) is 5.75 Å². The summed E-state index contributed by atoms with van der Waals surface area (Å²) in [6.45, 7) is 3.79. The Balaban J connectivity index is 2.26. The molecule has 0 aromatic heterocycles. The first kappa shape index (κ1) is 14.6. The Bertz CT molecular complexity index is 638. The SMILES string of the molecule is Cc1ccc(C(=O)Nc2ccccc2C(C)Br)cc1O. The molecule has 1 amide bonds. The topological polar surface area (TPSA) is 49.3 Å². The van der Waals surface area contributed by atoms with Crippen molar-refractivity contribution in [3.05, 3.63) is 59.2 Å². The molecule has 0 aliphatic heterocycles. The molecule has 1 atom stereocenters. The highest BCUT2D eigenvalue weighted by molar-refractivity contribution is 9.09. The van der Waals surface area contributed by atoms with Gasteiger partial charge >= 0.3 is 0 Å². The first-order chi connectivity index (χ1) is 9.49. The third-order valence-corrected chi connectivity index (χ3v) is 3.60. The molecular weight excluding hydrogens is 318 g/mol. The van der Waals surface area contributed by atoms with E-state index in [0.717, 1.165) is 16.8 Å². The molecule has 0 fully saturated rings. The molecule has 0 spiro atoms. The summed E-state index contributed by atoms with van der Waals surface area (Å²) in [6, 6.07) is 12.5. The van der Waals surface area contributed by atoms with Crippen LogP contribution in [0.2, 0.25) is 0 Å². The van der Waals surface area contributed by atoms with Crippen molar-refractivity contribution >= 4 is 27.5 Å². The van der Waals surface area contributed by atoms with Crippen LogP contribution >= 0.6 is 15.9 Å². The molecule has 104 valence electrons. The minimum absolute atomic E-state index is 0.125. The number of carbonyl (C=O) groups excluding carboxylic acids is 1. The largest absolute Gasteiger partial charge is 0.508 e. The summed E-state index contributed by atoms with van der Waals surface area (Å²) >= 11 is 3.51. The minimum Gasteiger partial charge on any atom is -0.508 e. The first-order valence-electron chi connectivity index (χ1n) is 6.33. The molecule has 2 rings (SSSR count). The standard InChI is InChI=1S/C16H16BrNO2/c1-10-7-8-12(9-15(10)19)16(20)18-14-6-4-3-5-13(14)11(2)17/h3-9,11,19H,1-2H3,(H,18,20). The highest BCUT2D eigenvalue weighted by atomic mass is 79.9. The smallest absolute Gasteiger partial charge is 0.255 e. The van der Waals surface area contributed by atoms with Crippen molar-refractivity contribution in [1.82, 2.24) is 0 Å². The van der Waals surface area contributed by atoms with E-state index in [4.69, 9.17) is 0 Å². The minimum atomic E-state index is -0.235. The fourth-order valence-electron chi connectivity index (χ4n) is 1.90. The number of anilines is 1. The number of hydrogen-bond donors (Lipinski definition) is 2. The Morgan fingerprint density at radius 3 is 2.60 bits per heavy atom. The van der Waals surface area contributed by atoms with Gasteiger partial charge in [0.05, 0.1) is 0 Å². The Morgan fingerprint density at radius 2 is 1.95 bits per heavy atom. The van der Waals surface area contributed by atoms with E-state index in [9.17, 15) is 9.90 Å². The second-order valence-corrected chi connectivity index (χ2v) is 6.03. The second kappa shape index (κ2) is 6.09. The van der Waals surface area contributed by atoms with Gasteiger partial charge in [-0.2, -0.15) is 0 Å². The van der Waals surface area contributed by atoms with E-state index in [2.05, 4.69) is 21.2 Å². The van der Waals surface area contributed by atoms with Crippen LogP contribution in [0.3, 0.4) is 0 Å². The number of carbonyl (C=O) groups is 1. The number of phenols is 1. The van der Waals surface area contributed by atoms with E-state index in [0.29, 0.717) is 5.56 Å². The van der Waals surface area contributed by atoms with Gasteiger partial charge in [0.2, 0.25) is 0 Å². The molecule has 3 nitrogen and oxygen atoms in total. The van der Waals surface area contributed by atoms with Gasteiger partial charge in [-0.25, -0.2) is 0 Å². The fraction of sp³-hybridized carbons (Fsp3) is 0.188. The van der Waals surface area contributed by atoms with Crippen LogP contribution in [-0.4, -0.2) is 11.0 Å². The lowest BCUT2D eigenvalue weighted by Crippen LogP contribution is -2.13. The number of benzene rings is 2. The van der Waals surface area contributed by atoms with Gasteiger partial charge in [-0.1, -0.05) is 40.2 Å². The Kier molecular flexibility index (Phi) is 4.45. The summed E-state index contributed by atoms with van der Waals surface area (Å²) in [5, 5.41) is 12.5. The van der Waals surface area contributed by atoms with Crippen molar-refractivity contribution < 1.29 is 9.90 Å². The molecule has 0 heterocycles. The van der Waals surface area contributed by atoms with E-state index in [-0.39, 0.29) is 16.5 Å². The lowest BCUT2D eigenvalue weighted by molar-refractivity contribution is 0.102. The van der Waals surface area contributed by atoms with Gasteiger partial charge < -0.3 is 10.4 Å². The zero-order chi connectivity index (χ0) is 14.7.